The van der Waals surface area contributed by atoms with Crippen LogP contribution in [-0.2, 0) is 9.47 Å². The fraction of sp³-hybridized carbons (Fsp3) is 0.588. The molecular weight excluding hydrogens is 560 g/mol. The summed E-state index contributed by atoms with van der Waals surface area (Å²) < 4.78 is 19.7. The number of piperazine rings is 1. The summed E-state index contributed by atoms with van der Waals surface area (Å²) in [6.45, 7) is 12.9. The Morgan fingerprint density at radius 1 is 0.977 bits per heavy atom. The number of piperidine rings is 1. The number of nitrogens with zero attached hydrogens (tertiary/aromatic N) is 4. The molecule has 9 heteroatoms. The number of likely N-dealkylation sites (tertiary alicyclic amines) is 1. The molecule has 3 aromatic rings. The molecule has 1 amide bonds. The number of unbranched alkanes of at least 4 members (excludes halogenated alkanes) is 2. The highest BCUT2D eigenvalue weighted by Gasteiger charge is 2.27. The van der Waals surface area contributed by atoms with Gasteiger partial charge in [0.2, 0.25) is 0 Å². The molecule has 2 aliphatic rings. The second-order valence-corrected chi connectivity index (χ2v) is 13.9. The average Bonchev–Trinajstić information content (AvgIpc) is 3.42. The number of benzene rings is 2. The zero-order valence-corrected chi connectivity index (χ0v) is 27.1. The number of amides is 1. The molecule has 0 radical (unpaired) electrons. The highest BCUT2D eigenvalue weighted by Crippen LogP contribution is 2.36. The number of carbonyl (C=O) groups is 1. The predicted molar refractivity (Wildman–Crippen MR) is 173 cm³/mol. The molecule has 0 saturated carbocycles. The van der Waals surface area contributed by atoms with E-state index in [-0.39, 0.29) is 18.3 Å². The molecule has 2 fully saturated rings. The van der Waals surface area contributed by atoms with Crippen LogP contribution in [0.5, 0.6) is 5.75 Å². The molecule has 1 atom stereocenters. The summed E-state index contributed by atoms with van der Waals surface area (Å²) in [5, 5.41) is 1.00. The SMILES string of the molecule is CN1CCC(OC(c2cccc(OCCCCCN3CCN(C(=O)OC(C)(C)C)CC3)c2)c2nc3ccccc3s2)CC1. The largest absolute Gasteiger partial charge is 0.494 e. The van der Waals surface area contributed by atoms with Gasteiger partial charge in [0, 0.05) is 39.3 Å². The Morgan fingerprint density at radius 2 is 1.74 bits per heavy atom. The lowest BCUT2D eigenvalue weighted by molar-refractivity contribution is -0.0235. The molecule has 2 saturated heterocycles. The molecular formula is C34H48N4O4S. The Morgan fingerprint density at radius 3 is 2.49 bits per heavy atom. The highest BCUT2D eigenvalue weighted by atomic mass is 32.1. The third kappa shape index (κ3) is 9.38. The van der Waals surface area contributed by atoms with Crippen molar-refractivity contribution in [3.05, 3.63) is 59.1 Å². The molecule has 43 heavy (non-hydrogen) atoms. The quantitative estimate of drug-likeness (QED) is 0.227. The van der Waals surface area contributed by atoms with Crippen molar-refractivity contribution in [2.24, 2.45) is 0 Å². The van der Waals surface area contributed by atoms with Crippen LogP contribution in [0.1, 0.15) is 69.6 Å². The molecule has 0 spiro atoms. The van der Waals surface area contributed by atoms with Crippen LogP contribution < -0.4 is 4.74 Å². The summed E-state index contributed by atoms with van der Waals surface area (Å²) in [4.78, 5) is 23.9. The number of hydrogen-bond donors (Lipinski definition) is 0. The Bertz CT molecular complexity index is 1280. The minimum Gasteiger partial charge on any atom is -0.494 e. The van der Waals surface area contributed by atoms with Gasteiger partial charge in [-0.3, -0.25) is 4.90 Å². The monoisotopic (exact) mass is 608 g/mol. The van der Waals surface area contributed by atoms with E-state index in [9.17, 15) is 4.79 Å². The van der Waals surface area contributed by atoms with E-state index in [1.807, 2.05) is 37.8 Å². The lowest BCUT2D eigenvalue weighted by Gasteiger charge is -2.35. The second-order valence-electron chi connectivity index (χ2n) is 12.8. The Hall–Kier alpha value is -2.72. The number of fused-ring (bicyclic) bond motifs is 1. The Balaban J connectivity index is 1.09. The zero-order valence-electron chi connectivity index (χ0n) is 26.3. The van der Waals surface area contributed by atoms with Crippen LogP contribution in [0.4, 0.5) is 4.79 Å². The number of carbonyl (C=O) groups excluding carboxylic acids is 1. The molecule has 0 bridgehead atoms. The Kier molecular flexibility index (Phi) is 10.9. The van der Waals surface area contributed by atoms with Gasteiger partial charge in [-0.1, -0.05) is 24.3 Å². The van der Waals surface area contributed by atoms with E-state index in [4.69, 9.17) is 19.2 Å². The van der Waals surface area contributed by atoms with Gasteiger partial charge >= 0.3 is 6.09 Å². The van der Waals surface area contributed by atoms with Crippen molar-refractivity contribution < 1.29 is 19.0 Å². The van der Waals surface area contributed by atoms with Gasteiger partial charge in [0.25, 0.3) is 0 Å². The van der Waals surface area contributed by atoms with E-state index in [0.717, 1.165) is 99.8 Å². The zero-order chi connectivity index (χ0) is 30.2. The number of thiazole rings is 1. The first-order valence-corrected chi connectivity index (χ1v) is 16.7. The van der Waals surface area contributed by atoms with E-state index in [2.05, 4.69) is 53.2 Å². The standard InChI is InChI=1S/C34H48N4O4S/c1-34(2,3)42-33(39)38-22-20-37(21-23-38)17-8-5-9-24-40-28-12-10-11-26(25-28)31(41-27-15-18-36(4)19-16-27)32-35-29-13-6-7-14-30(29)43-32/h6-7,10-14,25,27,31H,5,8-9,15-24H2,1-4H3. The number of rotatable bonds is 11. The third-order valence-electron chi connectivity index (χ3n) is 8.10. The fourth-order valence-electron chi connectivity index (χ4n) is 5.65. The highest BCUT2D eigenvalue weighted by molar-refractivity contribution is 7.18. The van der Waals surface area contributed by atoms with Crippen molar-refractivity contribution in [2.75, 3.05) is 59.5 Å². The number of hydrogen-bond acceptors (Lipinski definition) is 8. The molecule has 0 aliphatic carbocycles. The molecule has 2 aliphatic heterocycles. The van der Waals surface area contributed by atoms with E-state index < -0.39 is 5.60 Å². The van der Waals surface area contributed by atoms with Crippen LogP contribution in [0.25, 0.3) is 10.2 Å². The van der Waals surface area contributed by atoms with Gasteiger partial charge in [-0.15, -0.1) is 11.3 Å². The summed E-state index contributed by atoms with van der Waals surface area (Å²) in [5.41, 5.74) is 1.67. The van der Waals surface area contributed by atoms with Crippen molar-refractivity contribution in [1.82, 2.24) is 19.7 Å². The van der Waals surface area contributed by atoms with E-state index in [1.54, 1.807) is 11.3 Å². The maximum absolute atomic E-state index is 12.3. The van der Waals surface area contributed by atoms with Gasteiger partial charge in [-0.05, 0) is 96.3 Å². The summed E-state index contributed by atoms with van der Waals surface area (Å²) in [6, 6.07) is 16.7. The molecule has 5 rings (SSSR count). The molecule has 8 nitrogen and oxygen atoms in total. The van der Waals surface area contributed by atoms with Gasteiger partial charge in [-0.2, -0.15) is 0 Å². The van der Waals surface area contributed by atoms with Gasteiger partial charge in [0.1, 0.15) is 22.5 Å². The van der Waals surface area contributed by atoms with Crippen LogP contribution >= 0.6 is 11.3 Å². The van der Waals surface area contributed by atoms with Gasteiger partial charge < -0.3 is 24.0 Å². The van der Waals surface area contributed by atoms with E-state index in [0.29, 0.717) is 6.61 Å². The summed E-state index contributed by atoms with van der Waals surface area (Å²) >= 11 is 1.72. The number of aromatic nitrogens is 1. The number of para-hydroxylation sites is 1. The second kappa shape index (κ2) is 14.8. The molecule has 3 heterocycles. The summed E-state index contributed by atoms with van der Waals surface area (Å²) in [5.74, 6) is 0.883. The maximum Gasteiger partial charge on any atom is 0.410 e. The van der Waals surface area contributed by atoms with Crippen molar-refractivity contribution >= 4 is 27.6 Å². The smallest absolute Gasteiger partial charge is 0.410 e. The van der Waals surface area contributed by atoms with Crippen molar-refractivity contribution in [3.8, 4) is 5.75 Å². The first-order chi connectivity index (χ1) is 20.7. The minimum atomic E-state index is -0.448. The van der Waals surface area contributed by atoms with E-state index >= 15 is 0 Å². The fourth-order valence-corrected chi connectivity index (χ4v) is 6.68. The normalized spacial score (nSPS) is 18.2. The van der Waals surface area contributed by atoms with Crippen LogP contribution in [0, 0.1) is 0 Å². The molecule has 234 valence electrons. The van der Waals surface area contributed by atoms with Gasteiger partial charge in [0.05, 0.1) is 22.9 Å². The van der Waals surface area contributed by atoms with E-state index in [1.165, 1.54) is 4.70 Å². The van der Waals surface area contributed by atoms with Gasteiger partial charge in [0.15, 0.2) is 0 Å². The number of ether oxygens (including phenoxy) is 3. The summed E-state index contributed by atoms with van der Waals surface area (Å²) in [7, 11) is 2.18. The molecule has 1 unspecified atom stereocenters. The lowest BCUT2D eigenvalue weighted by Crippen LogP contribution is -2.50. The third-order valence-corrected chi connectivity index (χ3v) is 9.18. The van der Waals surface area contributed by atoms with Crippen molar-refractivity contribution in [3.63, 3.8) is 0 Å². The minimum absolute atomic E-state index is 0.201. The summed E-state index contributed by atoms with van der Waals surface area (Å²) in [6.07, 6.45) is 5.13. The van der Waals surface area contributed by atoms with Crippen LogP contribution in [0.15, 0.2) is 48.5 Å². The molecule has 2 aromatic carbocycles. The van der Waals surface area contributed by atoms with Crippen molar-refractivity contribution in [2.45, 2.75) is 70.7 Å². The maximum atomic E-state index is 12.3. The molecule has 0 N–H and O–H groups in total. The Labute approximate surface area is 260 Å². The van der Waals surface area contributed by atoms with Crippen LogP contribution in [-0.4, -0.2) is 96.9 Å². The topological polar surface area (TPSA) is 67.4 Å². The van der Waals surface area contributed by atoms with Gasteiger partial charge in [-0.25, -0.2) is 9.78 Å². The van der Waals surface area contributed by atoms with Crippen molar-refractivity contribution in [1.29, 1.82) is 0 Å². The average molecular weight is 609 g/mol. The van der Waals surface area contributed by atoms with Crippen LogP contribution in [0.2, 0.25) is 0 Å². The first-order valence-electron chi connectivity index (χ1n) is 15.9. The first kappa shape index (κ1) is 31.7. The van der Waals surface area contributed by atoms with Crippen LogP contribution in [0.3, 0.4) is 0 Å². The molecule has 1 aromatic heterocycles. The predicted octanol–water partition coefficient (Wildman–Crippen LogP) is 6.60. The lowest BCUT2D eigenvalue weighted by atomic mass is 10.1.